The van der Waals surface area contributed by atoms with Gasteiger partial charge in [-0.05, 0) is 26.0 Å². The van der Waals surface area contributed by atoms with Gasteiger partial charge in [-0.1, -0.05) is 6.07 Å². The lowest BCUT2D eigenvalue weighted by molar-refractivity contribution is -0.145. The highest BCUT2D eigenvalue weighted by atomic mass is 16.4. The first-order valence-electron chi connectivity index (χ1n) is 5.42. The van der Waals surface area contributed by atoms with Crippen molar-refractivity contribution < 1.29 is 14.7 Å². The van der Waals surface area contributed by atoms with Crippen LogP contribution in [0.5, 0.6) is 0 Å². The molecule has 1 amide bonds. The topological polar surface area (TPSA) is 70.5 Å². The maximum atomic E-state index is 11.7. The first kappa shape index (κ1) is 13.2. The number of amides is 1. The molecule has 0 aliphatic heterocycles. The second-order valence-corrected chi connectivity index (χ2v) is 4.01. The summed E-state index contributed by atoms with van der Waals surface area (Å²) in [5.41, 5.74) is 0.750. The van der Waals surface area contributed by atoms with Crippen molar-refractivity contribution in [3.8, 4) is 0 Å². The van der Waals surface area contributed by atoms with E-state index in [1.165, 1.54) is 4.90 Å². The van der Waals surface area contributed by atoms with E-state index in [1.54, 1.807) is 12.3 Å². The summed E-state index contributed by atoms with van der Waals surface area (Å²) in [5, 5.41) is 8.62. The van der Waals surface area contributed by atoms with Crippen molar-refractivity contribution in [2.24, 2.45) is 0 Å². The molecular weight excluding hydrogens is 220 g/mol. The van der Waals surface area contributed by atoms with E-state index in [0.717, 1.165) is 5.69 Å². The number of aromatic nitrogens is 1. The Morgan fingerprint density at radius 1 is 1.41 bits per heavy atom. The molecule has 17 heavy (non-hydrogen) atoms. The fourth-order valence-electron chi connectivity index (χ4n) is 1.46. The van der Waals surface area contributed by atoms with Crippen molar-refractivity contribution in [3.63, 3.8) is 0 Å². The number of aliphatic carboxylic acids is 1. The number of carbonyl (C=O) groups is 2. The highest BCUT2D eigenvalue weighted by Crippen LogP contribution is 2.08. The molecule has 0 saturated heterocycles. The lowest BCUT2D eigenvalue weighted by atomic mass is 10.2. The molecule has 1 heterocycles. The van der Waals surface area contributed by atoms with Crippen molar-refractivity contribution in [1.29, 1.82) is 0 Å². The molecule has 0 fully saturated rings. The van der Waals surface area contributed by atoms with Crippen LogP contribution in [0.2, 0.25) is 0 Å². The van der Waals surface area contributed by atoms with Gasteiger partial charge in [0.1, 0.15) is 6.42 Å². The van der Waals surface area contributed by atoms with Crippen molar-refractivity contribution in [2.45, 2.75) is 32.9 Å². The summed E-state index contributed by atoms with van der Waals surface area (Å²) < 4.78 is 0. The van der Waals surface area contributed by atoms with Crippen LogP contribution >= 0.6 is 0 Å². The Morgan fingerprint density at radius 3 is 2.59 bits per heavy atom. The maximum Gasteiger partial charge on any atom is 0.312 e. The number of hydrogen-bond acceptors (Lipinski definition) is 3. The van der Waals surface area contributed by atoms with E-state index >= 15 is 0 Å². The zero-order valence-electron chi connectivity index (χ0n) is 9.96. The lowest BCUT2D eigenvalue weighted by Crippen LogP contribution is -2.37. The van der Waals surface area contributed by atoms with Crippen LogP contribution in [0.4, 0.5) is 0 Å². The summed E-state index contributed by atoms with van der Waals surface area (Å²) in [6.45, 7) is 4.04. The van der Waals surface area contributed by atoms with Crippen LogP contribution < -0.4 is 0 Å². The molecule has 5 nitrogen and oxygen atoms in total. The minimum Gasteiger partial charge on any atom is -0.481 e. The minimum atomic E-state index is -1.11. The van der Waals surface area contributed by atoms with Crippen molar-refractivity contribution in [3.05, 3.63) is 30.1 Å². The molecule has 1 aromatic heterocycles. The second-order valence-electron chi connectivity index (χ2n) is 4.01. The second kappa shape index (κ2) is 5.98. The molecule has 0 radical (unpaired) electrons. The monoisotopic (exact) mass is 236 g/mol. The average Bonchev–Trinajstić information content (AvgIpc) is 2.25. The quantitative estimate of drug-likeness (QED) is 0.782. The molecule has 0 atom stereocenters. The predicted molar refractivity (Wildman–Crippen MR) is 62.2 cm³/mol. The Bertz CT molecular complexity index is 390. The van der Waals surface area contributed by atoms with Gasteiger partial charge in [-0.3, -0.25) is 14.6 Å². The molecule has 0 aromatic carbocycles. The molecule has 92 valence electrons. The number of nitrogens with zero attached hydrogens (tertiary/aromatic N) is 2. The third kappa shape index (κ3) is 4.22. The molecular formula is C12H16N2O3. The fourth-order valence-corrected chi connectivity index (χ4v) is 1.46. The largest absolute Gasteiger partial charge is 0.481 e. The van der Waals surface area contributed by atoms with Gasteiger partial charge < -0.3 is 10.0 Å². The van der Waals surface area contributed by atoms with Crippen LogP contribution in [-0.2, 0) is 16.1 Å². The fraction of sp³-hybridized carbons (Fsp3) is 0.417. The molecule has 0 saturated carbocycles. The highest BCUT2D eigenvalue weighted by Gasteiger charge is 2.19. The Hall–Kier alpha value is -1.91. The Labute approximate surface area is 100 Å². The van der Waals surface area contributed by atoms with E-state index in [0.29, 0.717) is 6.54 Å². The first-order chi connectivity index (χ1) is 8.00. The Balaban J connectivity index is 2.73. The van der Waals surface area contributed by atoms with Crippen molar-refractivity contribution in [1.82, 2.24) is 9.88 Å². The van der Waals surface area contributed by atoms with Gasteiger partial charge in [0.25, 0.3) is 0 Å². The molecule has 0 unspecified atom stereocenters. The summed E-state index contributed by atoms with van der Waals surface area (Å²) in [4.78, 5) is 27.9. The van der Waals surface area contributed by atoms with Gasteiger partial charge in [0.05, 0.1) is 12.2 Å². The van der Waals surface area contributed by atoms with Gasteiger partial charge in [-0.25, -0.2) is 0 Å². The first-order valence-corrected chi connectivity index (χ1v) is 5.42. The van der Waals surface area contributed by atoms with E-state index in [4.69, 9.17) is 5.11 Å². The van der Waals surface area contributed by atoms with Gasteiger partial charge in [0.15, 0.2) is 0 Å². The van der Waals surface area contributed by atoms with Crippen LogP contribution in [-0.4, -0.2) is 32.9 Å². The third-order valence-corrected chi connectivity index (χ3v) is 2.30. The van der Waals surface area contributed by atoms with Gasteiger partial charge in [0, 0.05) is 12.2 Å². The number of carbonyl (C=O) groups excluding carboxylic acids is 1. The number of hydrogen-bond donors (Lipinski definition) is 1. The zero-order chi connectivity index (χ0) is 12.8. The lowest BCUT2D eigenvalue weighted by Gasteiger charge is -2.25. The normalized spacial score (nSPS) is 10.3. The standard InChI is InChI=1S/C12H16N2O3/c1-9(2)14(11(15)7-12(16)17)8-10-5-3-4-6-13-10/h3-6,9H,7-8H2,1-2H3,(H,16,17). The Kier molecular flexibility index (Phi) is 4.63. The smallest absolute Gasteiger partial charge is 0.312 e. The van der Waals surface area contributed by atoms with E-state index in [9.17, 15) is 9.59 Å². The van der Waals surface area contributed by atoms with Crippen LogP contribution in [0, 0.1) is 0 Å². The maximum absolute atomic E-state index is 11.7. The Morgan fingerprint density at radius 2 is 2.12 bits per heavy atom. The summed E-state index contributed by atoms with van der Waals surface area (Å²) in [6, 6.07) is 5.39. The molecule has 0 spiro atoms. The predicted octanol–water partition coefficient (Wildman–Crippen LogP) is 1.29. The number of pyridine rings is 1. The van der Waals surface area contributed by atoms with Crippen molar-refractivity contribution in [2.75, 3.05) is 0 Å². The summed E-state index contributed by atoms with van der Waals surface area (Å²) in [7, 11) is 0. The van der Waals surface area contributed by atoms with Crippen LogP contribution in [0.15, 0.2) is 24.4 Å². The summed E-state index contributed by atoms with van der Waals surface area (Å²) in [5.74, 6) is -1.50. The SMILES string of the molecule is CC(C)N(Cc1ccccn1)C(=O)CC(=O)O. The number of rotatable bonds is 5. The number of carboxylic acid groups (broad SMARTS) is 1. The van der Waals surface area contributed by atoms with Gasteiger partial charge in [-0.2, -0.15) is 0 Å². The van der Waals surface area contributed by atoms with Crippen LogP contribution in [0.3, 0.4) is 0 Å². The summed E-state index contributed by atoms with van der Waals surface area (Å²) >= 11 is 0. The zero-order valence-corrected chi connectivity index (χ0v) is 9.96. The van der Waals surface area contributed by atoms with Gasteiger partial charge >= 0.3 is 5.97 Å². The molecule has 0 bridgehead atoms. The minimum absolute atomic E-state index is 0.0520. The third-order valence-electron chi connectivity index (χ3n) is 2.30. The molecule has 5 heteroatoms. The van der Waals surface area contributed by atoms with Gasteiger partial charge in [-0.15, -0.1) is 0 Å². The van der Waals surface area contributed by atoms with Crippen LogP contribution in [0.1, 0.15) is 26.0 Å². The molecule has 1 N–H and O–H groups in total. The van der Waals surface area contributed by atoms with Crippen molar-refractivity contribution >= 4 is 11.9 Å². The average molecular weight is 236 g/mol. The molecule has 1 aromatic rings. The summed E-state index contributed by atoms with van der Waals surface area (Å²) in [6.07, 6.45) is 1.17. The molecule has 0 aliphatic rings. The highest BCUT2D eigenvalue weighted by molar-refractivity contribution is 5.93. The van der Waals surface area contributed by atoms with Gasteiger partial charge in [0.2, 0.25) is 5.91 Å². The van der Waals surface area contributed by atoms with E-state index in [-0.39, 0.29) is 6.04 Å². The number of carboxylic acids is 1. The van der Waals surface area contributed by atoms with E-state index in [1.807, 2.05) is 26.0 Å². The molecule has 0 aliphatic carbocycles. The van der Waals surface area contributed by atoms with Crippen LogP contribution in [0.25, 0.3) is 0 Å². The van der Waals surface area contributed by atoms with E-state index < -0.39 is 18.3 Å². The molecule has 1 rings (SSSR count). The van der Waals surface area contributed by atoms with E-state index in [2.05, 4.69) is 4.98 Å².